The Morgan fingerprint density at radius 2 is 1.74 bits per heavy atom. The maximum Gasteiger partial charge on any atom is 0.223 e. The van der Waals surface area contributed by atoms with Crippen LogP contribution in [0.2, 0.25) is 0 Å². The number of hydrogen-bond acceptors (Lipinski definition) is 5. The van der Waals surface area contributed by atoms with Crippen LogP contribution >= 0.6 is 0 Å². The average molecular weight is 478 g/mol. The topological polar surface area (TPSA) is 73.6 Å². The minimum Gasteiger partial charge on any atom is -0.376 e. The highest BCUT2D eigenvalue weighted by Gasteiger charge is 2.31. The van der Waals surface area contributed by atoms with E-state index in [1.165, 1.54) is 11.4 Å². The van der Waals surface area contributed by atoms with Gasteiger partial charge in [-0.15, -0.1) is 0 Å². The van der Waals surface area contributed by atoms with Gasteiger partial charge in [-0.1, -0.05) is 18.2 Å². The van der Waals surface area contributed by atoms with Crippen molar-refractivity contribution in [2.45, 2.75) is 39.7 Å². The van der Waals surface area contributed by atoms with Crippen LogP contribution in [0.5, 0.6) is 0 Å². The first kappa shape index (κ1) is 23.6. The molecular weight excluding hydrogens is 442 g/mol. The summed E-state index contributed by atoms with van der Waals surface area (Å²) in [5.41, 5.74) is 5.51. The molecule has 2 fully saturated rings. The molecule has 0 spiro atoms. The fourth-order valence-corrected chi connectivity index (χ4v) is 5.19. The minimum absolute atomic E-state index is 0.00320. The third kappa shape index (κ3) is 4.86. The first-order chi connectivity index (χ1) is 17.0. The van der Waals surface area contributed by atoms with Gasteiger partial charge in [0.15, 0.2) is 5.82 Å². The summed E-state index contributed by atoms with van der Waals surface area (Å²) in [4.78, 5) is 15.3. The number of ether oxygens (including phenoxy) is 2. The number of amides is 1. The number of rotatable bonds is 6. The Bertz CT molecular complexity index is 1140. The number of aryl methyl sites for hydroxylation is 3. The molecule has 5 rings (SSSR count). The van der Waals surface area contributed by atoms with Crippen LogP contribution in [0.3, 0.4) is 0 Å². The maximum atomic E-state index is 12.9. The van der Waals surface area contributed by atoms with E-state index in [2.05, 4.69) is 64.5 Å². The highest BCUT2D eigenvalue weighted by atomic mass is 16.6. The van der Waals surface area contributed by atoms with E-state index in [0.29, 0.717) is 26.4 Å². The molecule has 2 aliphatic heterocycles. The van der Waals surface area contributed by atoms with Crippen LogP contribution in [0.25, 0.3) is 11.4 Å². The Morgan fingerprint density at radius 3 is 2.40 bits per heavy atom. The van der Waals surface area contributed by atoms with Gasteiger partial charge in [0.05, 0.1) is 37.3 Å². The first-order valence-electron chi connectivity index (χ1n) is 12.6. The minimum atomic E-state index is -0.0494. The number of nitrogens with one attached hydrogen (secondary N) is 1. The molecule has 2 saturated heterocycles. The quantitative estimate of drug-likeness (QED) is 0.590. The Kier molecular flexibility index (Phi) is 6.92. The zero-order chi connectivity index (χ0) is 24.4. The number of carbonyl (C=O) groups is 1. The fourth-order valence-electron chi connectivity index (χ4n) is 5.19. The maximum absolute atomic E-state index is 12.9. The molecule has 0 aliphatic carbocycles. The van der Waals surface area contributed by atoms with Crippen LogP contribution in [0, 0.1) is 26.7 Å². The second-order valence-electron chi connectivity index (χ2n) is 9.53. The summed E-state index contributed by atoms with van der Waals surface area (Å²) < 4.78 is 15.4. The predicted molar refractivity (Wildman–Crippen MR) is 136 cm³/mol. The van der Waals surface area contributed by atoms with Gasteiger partial charge in [-0.25, -0.2) is 4.68 Å². The van der Waals surface area contributed by atoms with E-state index < -0.39 is 0 Å². The monoisotopic (exact) mass is 477 g/mol. The summed E-state index contributed by atoms with van der Waals surface area (Å²) in [6.45, 7) is 10.2. The zero-order valence-corrected chi connectivity index (χ0v) is 20.9. The first-order valence-corrected chi connectivity index (χ1v) is 12.6. The number of nitrogens with zero attached hydrogens (tertiary/aromatic N) is 4. The van der Waals surface area contributed by atoms with E-state index in [0.717, 1.165) is 48.8 Å². The van der Waals surface area contributed by atoms with Gasteiger partial charge in [0.1, 0.15) is 5.69 Å². The third-order valence-corrected chi connectivity index (χ3v) is 7.05. The number of benzene rings is 1. The van der Waals surface area contributed by atoms with Crippen molar-refractivity contribution in [1.29, 1.82) is 0 Å². The van der Waals surface area contributed by atoms with Gasteiger partial charge in [0.2, 0.25) is 5.91 Å². The van der Waals surface area contributed by atoms with Gasteiger partial charge in [0, 0.05) is 36.9 Å². The lowest BCUT2D eigenvalue weighted by Crippen LogP contribution is -2.45. The number of para-hydroxylation sites is 1. The molecule has 0 unspecified atom stereocenters. The number of hydrogen-bond donors (Lipinski definition) is 1. The summed E-state index contributed by atoms with van der Waals surface area (Å²) in [5.74, 6) is 1.20. The largest absolute Gasteiger partial charge is 0.376 e. The average Bonchev–Trinajstić information content (AvgIpc) is 3.41. The van der Waals surface area contributed by atoms with Crippen molar-refractivity contribution in [2.24, 2.45) is 5.92 Å². The zero-order valence-electron chi connectivity index (χ0n) is 20.9. The molecule has 1 N–H and O–H groups in total. The summed E-state index contributed by atoms with van der Waals surface area (Å²) >= 11 is 0. The molecule has 0 bridgehead atoms. The van der Waals surface area contributed by atoms with E-state index in [-0.39, 0.29) is 17.9 Å². The molecule has 186 valence electrons. The van der Waals surface area contributed by atoms with Crippen molar-refractivity contribution in [3.05, 3.63) is 59.5 Å². The Balaban J connectivity index is 1.37. The summed E-state index contributed by atoms with van der Waals surface area (Å²) in [6, 6.07) is 14.6. The summed E-state index contributed by atoms with van der Waals surface area (Å²) in [7, 11) is 0. The SMILES string of the molecule is Cc1nn(-c2ccccc2)c(N2CCC(C(=O)NC[C@@H]3COCCO3)CC2)c1-n1c(C)ccc1C. The number of carbonyl (C=O) groups excluding carboxylic acids is 1. The molecule has 1 aromatic carbocycles. The van der Waals surface area contributed by atoms with Gasteiger partial charge in [-0.05, 0) is 57.9 Å². The molecule has 2 aromatic heterocycles. The van der Waals surface area contributed by atoms with Crippen molar-refractivity contribution in [3.63, 3.8) is 0 Å². The lowest BCUT2D eigenvalue weighted by atomic mass is 9.95. The standard InChI is InChI=1S/C27H35N5O3/c1-19-9-10-20(2)31(19)25-21(3)29-32(23-7-5-4-6-8-23)27(25)30-13-11-22(12-14-30)26(33)28-17-24-18-34-15-16-35-24/h4-10,22,24H,11-18H2,1-3H3,(H,28,33)/t24-/m1/s1. The van der Waals surface area contributed by atoms with Crippen LogP contribution in [0.15, 0.2) is 42.5 Å². The predicted octanol–water partition coefficient (Wildman–Crippen LogP) is 3.34. The Labute approximate surface area is 206 Å². The van der Waals surface area contributed by atoms with Crippen molar-refractivity contribution in [1.82, 2.24) is 19.7 Å². The smallest absolute Gasteiger partial charge is 0.223 e. The van der Waals surface area contributed by atoms with Gasteiger partial charge in [-0.3, -0.25) is 4.79 Å². The lowest BCUT2D eigenvalue weighted by Gasteiger charge is -2.34. The normalized spacial score (nSPS) is 19.2. The molecule has 2 aliphatic rings. The molecule has 4 heterocycles. The van der Waals surface area contributed by atoms with Crippen LogP contribution < -0.4 is 10.2 Å². The van der Waals surface area contributed by atoms with Crippen LogP contribution in [-0.2, 0) is 14.3 Å². The highest BCUT2D eigenvalue weighted by Crippen LogP contribution is 2.35. The van der Waals surface area contributed by atoms with Crippen LogP contribution in [0.4, 0.5) is 5.82 Å². The van der Waals surface area contributed by atoms with Crippen LogP contribution in [0.1, 0.15) is 29.9 Å². The van der Waals surface area contributed by atoms with E-state index in [9.17, 15) is 4.79 Å². The fraction of sp³-hybridized carbons (Fsp3) is 0.481. The Hall–Kier alpha value is -3.10. The van der Waals surface area contributed by atoms with E-state index >= 15 is 0 Å². The molecule has 0 saturated carbocycles. The second-order valence-corrected chi connectivity index (χ2v) is 9.53. The van der Waals surface area contributed by atoms with Crippen molar-refractivity contribution in [3.8, 4) is 11.4 Å². The van der Waals surface area contributed by atoms with Crippen molar-refractivity contribution < 1.29 is 14.3 Å². The van der Waals surface area contributed by atoms with Crippen LogP contribution in [-0.4, -0.2) is 65.8 Å². The summed E-state index contributed by atoms with van der Waals surface area (Å²) in [5, 5.41) is 8.06. The van der Waals surface area contributed by atoms with Gasteiger partial charge >= 0.3 is 0 Å². The lowest BCUT2D eigenvalue weighted by molar-refractivity contribution is -0.128. The number of anilines is 1. The van der Waals surface area contributed by atoms with E-state index in [1.807, 2.05) is 18.2 Å². The second kappa shape index (κ2) is 10.3. The molecule has 8 nitrogen and oxygen atoms in total. The van der Waals surface area contributed by atoms with Gasteiger partial charge in [-0.2, -0.15) is 5.10 Å². The number of aromatic nitrogens is 3. The molecule has 3 aromatic rings. The molecule has 1 amide bonds. The molecule has 8 heteroatoms. The third-order valence-electron chi connectivity index (χ3n) is 7.05. The summed E-state index contributed by atoms with van der Waals surface area (Å²) in [6.07, 6.45) is 1.55. The molecule has 1 atom stereocenters. The molecule has 35 heavy (non-hydrogen) atoms. The van der Waals surface area contributed by atoms with Crippen molar-refractivity contribution in [2.75, 3.05) is 44.4 Å². The van der Waals surface area contributed by atoms with E-state index in [1.54, 1.807) is 0 Å². The van der Waals surface area contributed by atoms with Gasteiger partial charge < -0.3 is 24.3 Å². The van der Waals surface area contributed by atoms with Crippen molar-refractivity contribution >= 4 is 11.7 Å². The number of piperidine rings is 1. The Morgan fingerprint density at radius 1 is 1.03 bits per heavy atom. The molecule has 0 radical (unpaired) electrons. The molecular formula is C27H35N5O3. The highest BCUT2D eigenvalue weighted by molar-refractivity contribution is 5.79. The van der Waals surface area contributed by atoms with E-state index in [4.69, 9.17) is 14.6 Å². The van der Waals surface area contributed by atoms with Gasteiger partial charge in [0.25, 0.3) is 0 Å².